The van der Waals surface area contributed by atoms with Crippen molar-refractivity contribution in [3.8, 4) is 0 Å². The molecular formula is C71H126O6. The highest BCUT2D eigenvalue weighted by atomic mass is 16.6. The highest BCUT2D eigenvalue weighted by Crippen LogP contribution is 2.16. The van der Waals surface area contributed by atoms with Crippen LogP contribution in [-0.2, 0) is 28.6 Å². The van der Waals surface area contributed by atoms with Gasteiger partial charge >= 0.3 is 17.9 Å². The van der Waals surface area contributed by atoms with Gasteiger partial charge < -0.3 is 14.2 Å². The minimum absolute atomic E-state index is 0.0820. The van der Waals surface area contributed by atoms with Crippen LogP contribution in [0.1, 0.15) is 342 Å². The third-order valence-electron chi connectivity index (χ3n) is 14.7. The zero-order chi connectivity index (χ0) is 55.7. The predicted octanol–water partition coefficient (Wildman–Crippen LogP) is 22.9. The molecule has 1 atom stereocenters. The van der Waals surface area contributed by atoms with E-state index in [1.165, 1.54) is 199 Å². The summed E-state index contributed by atoms with van der Waals surface area (Å²) in [7, 11) is 0. The topological polar surface area (TPSA) is 78.9 Å². The number of ether oxygens (including phenoxy) is 3. The molecule has 446 valence electrons. The Hall–Kier alpha value is -3.15. The van der Waals surface area contributed by atoms with E-state index >= 15 is 0 Å². The maximum Gasteiger partial charge on any atom is 0.306 e. The van der Waals surface area contributed by atoms with E-state index < -0.39 is 6.10 Å². The van der Waals surface area contributed by atoms with Gasteiger partial charge in [0.05, 0.1) is 0 Å². The quantitative estimate of drug-likeness (QED) is 0.0261. The smallest absolute Gasteiger partial charge is 0.306 e. The van der Waals surface area contributed by atoms with E-state index in [1.807, 2.05) is 0 Å². The van der Waals surface area contributed by atoms with Crippen molar-refractivity contribution in [3.05, 3.63) is 72.9 Å². The van der Waals surface area contributed by atoms with Crippen molar-refractivity contribution in [1.82, 2.24) is 0 Å². The van der Waals surface area contributed by atoms with Gasteiger partial charge in [-0.15, -0.1) is 0 Å². The van der Waals surface area contributed by atoms with Gasteiger partial charge in [0.2, 0.25) is 0 Å². The van der Waals surface area contributed by atoms with Gasteiger partial charge in [0.25, 0.3) is 0 Å². The molecule has 0 aromatic heterocycles. The zero-order valence-corrected chi connectivity index (χ0v) is 51.2. The Labute approximate surface area is 478 Å². The van der Waals surface area contributed by atoms with Crippen molar-refractivity contribution in [1.29, 1.82) is 0 Å². The lowest BCUT2D eigenvalue weighted by atomic mass is 10.0. The van der Waals surface area contributed by atoms with Crippen molar-refractivity contribution in [2.75, 3.05) is 13.2 Å². The summed E-state index contributed by atoms with van der Waals surface area (Å²) >= 11 is 0. The van der Waals surface area contributed by atoms with Gasteiger partial charge in [-0.25, -0.2) is 0 Å². The molecule has 0 aliphatic rings. The molecule has 1 unspecified atom stereocenters. The summed E-state index contributed by atoms with van der Waals surface area (Å²) < 4.78 is 16.9. The maximum atomic E-state index is 12.9. The largest absolute Gasteiger partial charge is 0.462 e. The average Bonchev–Trinajstić information content (AvgIpc) is 3.43. The van der Waals surface area contributed by atoms with Crippen molar-refractivity contribution < 1.29 is 28.6 Å². The van der Waals surface area contributed by atoms with Gasteiger partial charge in [-0.05, 0) is 116 Å². The lowest BCUT2D eigenvalue weighted by molar-refractivity contribution is -0.167. The summed E-state index contributed by atoms with van der Waals surface area (Å²) in [5, 5.41) is 0. The van der Waals surface area contributed by atoms with Gasteiger partial charge in [0.15, 0.2) is 6.10 Å². The van der Waals surface area contributed by atoms with Crippen LogP contribution in [0.3, 0.4) is 0 Å². The molecule has 0 aliphatic heterocycles. The lowest BCUT2D eigenvalue weighted by Crippen LogP contribution is -2.30. The first-order valence-electron chi connectivity index (χ1n) is 33.4. The number of carbonyl (C=O) groups is 3. The Bertz CT molecular complexity index is 1420. The zero-order valence-electron chi connectivity index (χ0n) is 51.2. The normalized spacial score (nSPS) is 12.5. The highest BCUT2D eigenvalue weighted by molar-refractivity contribution is 5.71. The fraction of sp³-hybridized carbons (Fsp3) is 0.789. The minimum Gasteiger partial charge on any atom is -0.462 e. The summed E-state index contributed by atoms with van der Waals surface area (Å²) in [6.07, 6.45) is 84.9. The molecular weight excluding hydrogens is 949 g/mol. The van der Waals surface area contributed by atoms with Crippen LogP contribution in [-0.4, -0.2) is 37.2 Å². The van der Waals surface area contributed by atoms with Crippen molar-refractivity contribution in [2.24, 2.45) is 0 Å². The Morgan fingerprint density at radius 3 is 0.753 bits per heavy atom. The van der Waals surface area contributed by atoms with Crippen molar-refractivity contribution in [2.45, 2.75) is 348 Å². The summed E-state index contributed by atoms with van der Waals surface area (Å²) in [4.78, 5) is 38.3. The summed E-state index contributed by atoms with van der Waals surface area (Å²) in [6.45, 7) is 6.62. The molecule has 0 rings (SSSR count). The number of hydrogen-bond acceptors (Lipinski definition) is 6. The standard InChI is InChI=1S/C71H126O6/c1-4-7-10-13-16-19-22-25-28-30-31-32-33-34-35-36-37-38-39-40-41-42-44-46-49-52-55-58-61-64-70(73)76-67-68(66-75-69(72)63-60-57-54-51-48-45-27-24-21-18-15-12-9-6-3)77-71(74)65-62-59-56-53-50-47-43-29-26-23-20-17-14-11-8-5-2/h20,22-25,27,29-31,33-34,43,68H,4-19,21,26,28,32,35-42,44-67H2,1-3H3/b23-20-,25-22-,27-24-,31-30-,34-33-,43-29-. The molecule has 0 spiro atoms. The summed E-state index contributed by atoms with van der Waals surface area (Å²) in [6, 6.07) is 0. The van der Waals surface area contributed by atoms with Crippen molar-refractivity contribution >= 4 is 17.9 Å². The van der Waals surface area contributed by atoms with E-state index in [1.54, 1.807) is 0 Å². The molecule has 0 saturated heterocycles. The Balaban J connectivity index is 4.25. The molecule has 0 fully saturated rings. The van der Waals surface area contributed by atoms with Crippen molar-refractivity contribution in [3.63, 3.8) is 0 Å². The molecule has 0 aromatic carbocycles. The molecule has 0 heterocycles. The highest BCUT2D eigenvalue weighted by Gasteiger charge is 2.19. The first-order chi connectivity index (χ1) is 38.0. The molecule has 0 aliphatic carbocycles. The second-order valence-corrected chi connectivity index (χ2v) is 22.4. The third kappa shape index (κ3) is 63.6. The first-order valence-corrected chi connectivity index (χ1v) is 33.4. The molecule has 0 saturated carbocycles. The number of carbonyl (C=O) groups excluding carboxylic acids is 3. The van der Waals surface area contributed by atoms with Crippen LogP contribution in [0.15, 0.2) is 72.9 Å². The van der Waals surface area contributed by atoms with E-state index in [0.717, 1.165) is 103 Å². The van der Waals surface area contributed by atoms with Crippen LogP contribution in [0.25, 0.3) is 0 Å². The number of unbranched alkanes of at least 4 members (excludes halogenated alkanes) is 38. The van der Waals surface area contributed by atoms with Gasteiger partial charge in [-0.2, -0.15) is 0 Å². The Kier molecular flexibility index (Phi) is 62.7. The molecule has 0 radical (unpaired) electrons. The average molecular weight is 1080 g/mol. The van der Waals surface area contributed by atoms with Gasteiger partial charge in [-0.3, -0.25) is 14.4 Å². The van der Waals surface area contributed by atoms with Gasteiger partial charge in [-0.1, -0.05) is 280 Å². The number of esters is 3. The Morgan fingerprint density at radius 2 is 0.468 bits per heavy atom. The molecule has 0 N–H and O–H groups in total. The van der Waals surface area contributed by atoms with E-state index in [9.17, 15) is 14.4 Å². The van der Waals surface area contributed by atoms with E-state index in [0.29, 0.717) is 19.3 Å². The van der Waals surface area contributed by atoms with E-state index in [-0.39, 0.29) is 31.1 Å². The number of rotatable bonds is 61. The summed E-state index contributed by atoms with van der Waals surface area (Å²) in [5.74, 6) is -0.890. The van der Waals surface area contributed by atoms with Gasteiger partial charge in [0, 0.05) is 19.3 Å². The fourth-order valence-electron chi connectivity index (χ4n) is 9.59. The second-order valence-electron chi connectivity index (χ2n) is 22.4. The predicted molar refractivity (Wildman–Crippen MR) is 335 cm³/mol. The molecule has 0 amide bonds. The molecule has 6 nitrogen and oxygen atoms in total. The lowest BCUT2D eigenvalue weighted by Gasteiger charge is -2.18. The Morgan fingerprint density at radius 1 is 0.260 bits per heavy atom. The number of allylic oxidation sites excluding steroid dienone is 12. The SMILES string of the molecule is CCCCCC/C=C\C/C=C\CCCCCCCC(=O)OC(COC(=O)CCCCCCC/C=C\CCCCCCC)COC(=O)CCCCCCCCCCCCCCCC/C=C\C/C=C\C/C=C\CCCCCCC. The molecule has 0 aromatic rings. The fourth-order valence-corrected chi connectivity index (χ4v) is 9.59. The van der Waals surface area contributed by atoms with Crippen LogP contribution in [0.4, 0.5) is 0 Å². The van der Waals surface area contributed by atoms with Crippen LogP contribution < -0.4 is 0 Å². The molecule has 6 heteroatoms. The van der Waals surface area contributed by atoms with E-state index in [4.69, 9.17) is 14.2 Å². The van der Waals surface area contributed by atoms with Crippen LogP contribution in [0.5, 0.6) is 0 Å². The third-order valence-corrected chi connectivity index (χ3v) is 14.7. The number of hydrogen-bond donors (Lipinski definition) is 0. The first kappa shape index (κ1) is 73.8. The van der Waals surface area contributed by atoms with Gasteiger partial charge in [0.1, 0.15) is 13.2 Å². The second kappa shape index (κ2) is 65.4. The maximum absolute atomic E-state index is 12.9. The van der Waals surface area contributed by atoms with Crippen LogP contribution >= 0.6 is 0 Å². The minimum atomic E-state index is -0.787. The monoisotopic (exact) mass is 1070 g/mol. The molecule has 77 heavy (non-hydrogen) atoms. The molecule has 0 bridgehead atoms. The summed E-state index contributed by atoms with van der Waals surface area (Å²) in [5.41, 5.74) is 0. The van der Waals surface area contributed by atoms with E-state index in [2.05, 4.69) is 93.7 Å². The van der Waals surface area contributed by atoms with Crippen LogP contribution in [0.2, 0.25) is 0 Å². The van der Waals surface area contributed by atoms with Crippen LogP contribution in [0, 0.1) is 0 Å².